The second-order valence-corrected chi connectivity index (χ2v) is 6.31. The fourth-order valence-corrected chi connectivity index (χ4v) is 3.52. The molecular weight excluding hydrogens is 356 g/mol. The van der Waals surface area contributed by atoms with Crippen LogP contribution in [0.2, 0.25) is 0 Å². The number of nitrogens with zero attached hydrogens (tertiary/aromatic N) is 5. The molecule has 3 aromatic rings. The van der Waals surface area contributed by atoms with Crippen molar-refractivity contribution < 1.29 is 4.92 Å². The summed E-state index contributed by atoms with van der Waals surface area (Å²) in [6.45, 7) is 0.188. The Morgan fingerprint density at radius 2 is 2.04 bits per heavy atom. The molecule has 0 amide bonds. The molecule has 2 heterocycles. The number of benzene rings is 1. The van der Waals surface area contributed by atoms with E-state index < -0.39 is 16.0 Å². The van der Waals surface area contributed by atoms with Gasteiger partial charge in [-0.3, -0.25) is 29.6 Å². The zero-order valence-electron chi connectivity index (χ0n) is 14.2. The molecule has 27 heavy (non-hydrogen) atoms. The lowest BCUT2D eigenvalue weighted by atomic mass is 9.89. The van der Waals surface area contributed by atoms with Crippen molar-refractivity contribution >= 4 is 16.7 Å². The van der Waals surface area contributed by atoms with Crippen LogP contribution in [0.5, 0.6) is 0 Å². The molecule has 140 valence electrons. The molecule has 0 saturated heterocycles. The van der Waals surface area contributed by atoms with Crippen molar-refractivity contribution in [2.75, 3.05) is 0 Å². The standard InChI is InChI=1S/C15H16N8O4/c24-14-15(25)22(7-16-6-12-18-20-21-19-12)11-5-10(23(26)27)8-3-1-2-4-9(8)13(11)17-14/h5,16H,1-4,6-7H2,(H,17,24)(H,18,19,20,21). The minimum Gasteiger partial charge on any atom is -0.316 e. The number of hydrogen-bond donors (Lipinski definition) is 3. The third kappa shape index (κ3) is 2.99. The fraction of sp³-hybridized carbons (Fsp3) is 0.400. The molecule has 12 nitrogen and oxygen atoms in total. The number of rotatable bonds is 5. The maximum Gasteiger partial charge on any atom is 0.317 e. The molecule has 2 aromatic heterocycles. The summed E-state index contributed by atoms with van der Waals surface area (Å²) in [7, 11) is 0. The van der Waals surface area contributed by atoms with Crippen LogP contribution in [0.1, 0.15) is 29.8 Å². The normalized spacial score (nSPS) is 13.6. The number of hydrogen-bond acceptors (Lipinski definition) is 8. The van der Waals surface area contributed by atoms with E-state index in [1.807, 2.05) is 0 Å². The predicted octanol–water partition coefficient (Wildman–Crippen LogP) is -0.263. The summed E-state index contributed by atoms with van der Waals surface area (Å²) < 4.78 is 1.20. The number of fused-ring (bicyclic) bond motifs is 3. The molecule has 1 aliphatic rings. The maximum atomic E-state index is 12.4. The van der Waals surface area contributed by atoms with Gasteiger partial charge in [0.25, 0.3) is 5.69 Å². The summed E-state index contributed by atoms with van der Waals surface area (Å²) in [6, 6.07) is 1.37. The number of nitro benzene ring substituents is 1. The Kier molecular flexibility index (Phi) is 4.24. The van der Waals surface area contributed by atoms with Crippen molar-refractivity contribution in [3.05, 3.63) is 53.8 Å². The van der Waals surface area contributed by atoms with Crippen molar-refractivity contribution in [2.45, 2.75) is 38.9 Å². The summed E-state index contributed by atoms with van der Waals surface area (Å²) >= 11 is 0. The molecule has 0 spiro atoms. The molecule has 0 atom stereocenters. The van der Waals surface area contributed by atoms with Crippen LogP contribution in [-0.4, -0.2) is 35.1 Å². The lowest BCUT2D eigenvalue weighted by Crippen LogP contribution is -2.39. The van der Waals surface area contributed by atoms with E-state index >= 15 is 0 Å². The zero-order valence-corrected chi connectivity index (χ0v) is 14.2. The number of aromatic nitrogens is 6. The van der Waals surface area contributed by atoms with Gasteiger partial charge in [-0.25, -0.2) is 0 Å². The van der Waals surface area contributed by atoms with Gasteiger partial charge in [-0.1, -0.05) is 5.21 Å². The van der Waals surface area contributed by atoms with Gasteiger partial charge in [0.1, 0.15) is 0 Å². The molecule has 4 rings (SSSR count). The molecule has 0 unspecified atom stereocenters. The van der Waals surface area contributed by atoms with E-state index in [0.717, 1.165) is 18.4 Å². The van der Waals surface area contributed by atoms with Gasteiger partial charge in [0.2, 0.25) is 0 Å². The lowest BCUT2D eigenvalue weighted by Gasteiger charge is -2.19. The number of H-pyrrole nitrogens is 2. The first-order valence-corrected chi connectivity index (χ1v) is 8.45. The van der Waals surface area contributed by atoms with Gasteiger partial charge in [0.15, 0.2) is 5.82 Å². The molecule has 0 fully saturated rings. The second-order valence-electron chi connectivity index (χ2n) is 6.31. The topological polar surface area (TPSA) is 164 Å². The molecule has 0 bridgehead atoms. The van der Waals surface area contributed by atoms with Crippen LogP contribution < -0.4 is 16.4 Å². The highest BCUT2D eigenvalue weighted by molar-refractivity contribution is 5.83. The highest BCUT2D eigenvalue weighted by Crippen LogP contribution is 2.34. The Morgan fingerprint density at radius 1 is 1.26 bits per heavy atom. The fourth-order valence-electron chi connectivity index (χ4n) is 3.52. The van der Waals surface area contributed by atoms with E-state index in [1.165, 1.54) is 10.6 Å². The Labute approximate surface area is 150 Å². The molecular formula is C15H16N8O4. The molecule has 3 N–H and O–H groups in total. The average molecular weight is 372 g/mol. The molecule has 12 heteroatoms. The summed E-state index contributed by atoms with van der Waals surface area (Å²) in [5.74, 6) is 0.389. The Balaban J connectivity index is 1.85. The van der Waals surface area contributed by atoms with E-state index in [9.17, 15) is 19.7 Å². The second kappa shape index (κ2) is 6.72. The van der Waals surface area contributed by atoms with Crippen LogP contribution in [0.3, 0.4) is 0 Å². The monoisotopic (exact) mass is 372 g/mol. The van der Waals surface area contributed by atoms with E-state index in [4.69, 9.17) is 0 Å². The highest BCUT2D eigenvalue weighted by atomic mass is 16.6. The third-order valence-corrected chi connectivity index (χ3v) is 4.72. The van der Waals surface area contributed by atoms with Gasteiger partial charge in [-0.05, 0) is 31.2 Å². The van der Waals surface area contributed by atoms with Crippen molar-refractivity contribution in [2.24, 2.45) is 0 Å². The smallest absolute Gasteiger partial charge is 0.316 e. The first-order chi connectivity index (χ1) is 13.1. The van der Waals surface area contributed by atoms with Crippen molar-refractivity contribution in [3.8, 4) is 0 Å². The van der Waals surface area contributed by atoms with Crippen molar-refractivity contribution in [1.29, 1.82) is 0 Å². The summed E-state index contributed by atoms with van der Waals surface area (Å²) in [5, 5.41) is 27.8. The van der Waals surface area contributed by atoms with Crippen LogP contribution in [-0.2, 0) is 26.1 Å². The van der Waals surface area contributed by atoms with Crippen LogP contribution in [0.25, 0.3) is 11.0 Å². The Hall–Kier alpha value is -3.41. The summed E-state index contributed by atoms with van der Waals surface area (Å²) in [4.78, 5) is 38.3. The number of aryl methyl sites for hydroxylation is 1. The van der Waals surface area contributed by atoms with Gasteiger partial charge in [0.05, 0.1) is 29.2 Å². The van der Waals surface area contributed by atoms with Gasteiger partial charge in [-0.2, -0.15) is 5.21 Å². The van der Waals surface area contributed by atoms with Crippen molar-refractivity contribution in [1.82, 2.24) is 35.5 Å². The van der Waals surface area contributed by atoms with Crippen LogP contribution in [0, 0.1) is 10.1 Å². The highest BCUT2D eigenvalue weighted by Gasteiger charge is 2.25. The number of aromatic amines is 2. The lowest BCUT2D eigenvalue weighted by molar-refractivity contribution is -0.385. The quantitative estimate of drug-likeness (QED) is 0.313. The minimum atomic E-state index is -0.784. The molecule has 0 radical (unpaired) electrons. The van der Waals surface area contributed by atoms with Gasteiger partial charge in [-0.15, -0.1) is 10.2 Å². The molecule has 1 aliphatic carbocycles. The Bertz CT molecular complexity index is 1130. The van der Waals surface area contributed by atoms with Crippen molar-refractivity contribution in [3.63, 3.8) is 0 Å². The van der Waals surface area contributed by atoms with Gasteiger partial charge >= 0.3 is 11.1 Å². The average Bonchev–Trinajstić information content (AvgIpc) is 3.17. The SMILES string of the molecule is O=c1[nH]c2c3c(c([N+](=O)[O-])cc2n(CNCc2nn[nH]n2)c1=O)CCCC3. The first-order valence-electron chi connectivity index (χ1n) is 8.45. The van der Waals surface area contributed by atoms with Crippen LogP contribution in [0.4, 0.5) is 5.69 Å². The number of nitrogens with one attached hydrogen (secondary N) is 3. The maximum absolute atomic E-state index is 12.4. The van der Waals surface area contributed by atoms with E-state index in [0.29, 0.717) is 35.3 Å². The summed E-state index contributed by atoms with van der Waals surface area (Å²) in [5.41, 5.74) is 0.636. The number of tetrazole rings is 1. The summed E-state index contributed by atoms with van der Waals surface area (Å²) in [6.07, 6.45) is 2.94. The van der Waals surface area contributed by atoms with Crippen LogP contribution >= 0.6 is 0 Å². The van der Waals surface area contributed by atoms with E-state index in [-0.39, 0.29) is 18.9 Å². The minimum absolute atomic E-state index is 0.0180. The predicted molar refractivity (Wildman–Crippen MR) is 93.1 cm³/mol. The number of nitro groups is 1. The van der Waals surface area contributed by atoms with Gasteiger partial charge in [0, 0.05) is 11.6 Å². The Morgan fingerprint density at radius 3 is 2.74 bits per heavy atom. The first kappa shape index (κ1) is 17.0. The van der Waals surface area contributed by atoms with Crippen LogP contribution in [0.15, 0.2) is 15.7 Å². The molecule has 0 aliphatic heterocycles. The van der Waals surface area contributed by atoms with Gasteiger partial charge < -0.3 is 4.98 Å². The largest absolute Gasteiger partial charge is 0.317 e. The van der Waals surface area contributed by atoms with E-state index in [2.05, 4.69) is 30.9 Å². The molecule has 1 aromatic carbocycles. The molecule has 0 saturated carbocycles. The zero-order chi connectivity index (χ0) is 19.0. The third-order valence-electron chi connectivity index (χ3n) is 4.72. The van der Waals surface area contributed by atoms with E-state index in [1.54, 1.807) is 0 Å².